The van der Waals surface area contributed by atoms with Gasteiger partial charge in [0, 0.05) is 23.0 Å². The van der Waals surface area contributed by atoms with E-state index in [1.54, 1.807) is 0 Å². The van der Waals surface area contributed by atoms with Gasteiger partial charge in [0.1, 0.15) is 45.3 Å². The number of benzene rings is 2. The Labute approximate surface area is 205 Å². The molecule has 0 saturated heterocycles. The molecule has 0 spiro atoms. The van der Waals surface area contributed by atoms with E-state index in [2.05, 4.69) is 5.32 Å². The van der Waals surface area contributed by atoms with E-state index in [9.17, 15) is 39.6 Å². The van der Waals surface area contributed by atoms with Crippen LogP contribution in [0.2, 0.25) is 0 Å². The fourth-order valence-electron chi connectivity index (χ4n) is 4.66. The number of aryl methyl sites for hydroxylation is 1. The van der Waals surface area contributed by atoms with Crippen LogP contribution in [0.3, 0.4) is 0 Å². The van der Waals surface area contributed by atoms with Gasteiger partial charge in [0.15, 0.2) is 17.3 Å². The summed E-state index contributed by atoms with van der Waals surface area (Å²) in [7, 11) is 0. The van der Waals surface area contributed by atoms with Crippen LogP contribution in [0.4, 0.5) is 5.69 Å². The number of carbonyl (C=O) groups is 4. The van der Waals surface area contributed by atoms with E-state index in [1.807, 2.05) is 0 Å². The van der Waals surface area contributed by atoms with Crippen molar-refractivity contribution in [3.05, 3.63) is 63.1 Å². The third kappa shape index (κ3) is 3.25. The third-order valence-corrected chi connectivity index (χ3v) is 6.62. The number of Topliss-reactive ketones (excluding diaryl/α,β-unsaturated/α-hetero) is 2. The van der Waals surface area contributed by atoms with Gasteiger partial charge in [-0.3, -0.25) is 14.4 Å². The standard InChI is InChI=1S/C26H23NO9/c1-9-6-13(7-14(20(9)30)25(34)35)27-11(3)17-15(29)8-16-26(5,24(17)33)19-22(32)10(2)21(31)18(12(4)28)23(19)36-16/h6-8,27,30-32H,1-5H3,(H,34,35)/t26-/m0/s1. The number of carbonyl (C=O) groups excluding carboxylic acids is 3. The largest absolute Gasteiger partial charge is 0.507 e. The maximum Gasteiger partial charge on any atom is 0.339 e. The Hall–Kier alpha value is -4.60. The number of fused-ring (bicyclic) bond motifs is 3. The van der Waals surface area contributed by atoms with Gasteiger partial charge in [0.2, 0.25) is 0 Å². The molecule has 0 radical (unpaired) electrons. The van der Waals surface area contributed by atoms with Gasteiger partial charge in [0.25, 0.3) is 0 Å². The zero-order chi connectivity index (χ0) is 26.9. The number of carboxylic acids is 1. The molecule has 36 heavy (non-hydrogen) atoms. The zero-order valence-corrected chi connectivity index (χ0v) is 20.1. The maximum absolute atomic E-state index is 13.8. The molecule has 5 N–H and O–H groups in total. The summed E-state index contributed by atoms with van der Waals surface area (Å²) in [5.41, 5.74) is -1.99. The third-order valence-electron chi connectivity index (χ3n) is 6.62. The van der Waals surface area contributed by atoms with E-state index in [0.717, 1.165) is 6.08 Å². The number of hydrogen-bond donors (Lipinski definition) is 5. The summed E-state index contributed by atoms with van der Waals surface area (Å²) < 4.78 is 5.72. The van der Waals surface area contributed by atoms with Crippen LogP contribution < -0.4 is 10.1 Å². The van der Waals surface area contributed by atoms with Crippen molar-refractivity contribution in [3.8, 4) is 23.0 Å². The summed E-state index contributed by atoms with van der Waals surface area (Å²) in [5, 5.41) is 43.5. The smallest absolute Gasteiger partial charge is 0.339 e. The van der Waals surface area contributed by atoms with Crippen LogP contribution in [-0.2, 0) is 15.0 Å². The Morgan fingerprint density at radius 2 is 1.64 bits per heavy atom. The summed E-state index contributed by atoms with van der Waals surface area (Å²) in [6, 6.07) is 2.62. The van der Waals surface area contributed by atoms with Crippen molar-refractivity contribution in [2.45, 2.75) is 40.0 Å². The van der Waals surface area contributed by atoms with Crippen molar-refractivity contribution in [1.82, 2.24) is 0 Å². The molecule has 0 amide bonds. The quantitative estimate of drug-likeness (QED) is 0.184. The first-order valence-corrected chi connectivity index (χ1v) is 10.9. The van der Waals surface area contributed by atoms with Gasteiger partial charge in [-0.25, -0.2) is 4.79 Å². The summed E-state index contributed by atoms with van der Waals surface area (Å²) in [6.07, 6.45) is 1.09. The van der Waals surface area contributed by atoms with Gasteiger partial charge in [-0.2, -0.15) is 0 Å². The van der Waals surface area contributed by atoms with Crippen molar-refractivity contribution in [2.75, 3.05) is 5.32 Å². The molecule has 1 aliphatic heterocycles. The highest BCUT2D eigenvalue weighted by Crippen LogP contribution is 2.57. The van der Waals surface area contributed by atoms with Crippen molar-refractivity contribution in [1.29, 1.82) is 0 Å². The number of ketones is 3. The number of aromatic hydroxyl groups is 3. The van der Waals surface area contributed by atoms with Gasteiger partial charge in [-0.05, 0) is 52.3 Å². The van der Waals surface area contributed by atoms with Gasteiger partial charge >= 0.3 is 5.97 Å². The molecule has 4 rings (SSSR count). The lowest BCUT2D eigenvalue weighted by Crippen LogP contribution is -2.40. The fraction of sp³-hybridized carbons (Fsp3) is 0.231. The van der Waals surface area contributed by atoms with Gasteiger partial charge in [0.05, 0.1) is 11.1 Å². The molecule has 0 aromatic heterocycles. The molecule has 1 heterocycles. The monoisotopic (exact) mass is 493 g/mol. The molecule has 0 unspecified atom stereocenters. The number of aromatic carboxylic acids is 1. The minimum absolute atomic E-state index is 0.0177. The highest BCUT2D eigenvalue weighted by atomic mass is 16.5. The van der Waals surface area contributed by atoms with Crippen molar-refractivity contribution >= 4 is 29.0 Å². The van der Waals surface area contributed by atoms with E-state index in [0.29, 0.717) is 0 Å². The van der Waals surface area contributed by atoms with Crippen molar-refractivity contribution in [2.24, 2.45) is 0 Å². The Kier molecular flexibility index (Phi) is 5.43. The first-order chi connectivity index (χ1) is 16.7. The molecule has 2 aromatic carbocycles. The second-order valence-corrected chi connectivity index (χ2v) is 9.01. The van der Waals surface area contributed by atoms with E-state index in [-0.39, 0.29) is 56.3 Å². The molecule has 0 fully saturated rings. The molecule has 1 aliphatic carbocycles. The molecule has 2 aliphatic rings. The predicted octanol–water partition coefficient (Wildman–Crippen LogP) is 3.39. The minimum atomic E-state index is -1.68. The van der Waals surface area contributed by atoms with Crippen LogP contribution in [0.25, 0.3) is 0 Å². The molecule has 10 heteroatoms. The fourth-order valence-corrected chi connectivity index (χ4v) is 4.66. The van der Waals surface area contributed by atoms with E-state index in [4.69, 9.17) is 4.74 Å². The van der Waals surface area contributed by atoms with Crippen LogP contribution >= 0.6 is 0 Å². The average Bonchev–Trinajstić information content (AvgIpc) is 3.07. The Morgan fingerprint density at radius 3 is 2.22 bits per heavy atom. The van der Waals surface area contributed by atoms with Crippen LogP contribution in [0, 0.1) is 13.8 Å². The molecule has 0 bridgehead atoms. The lowest BCUT2D eigenvalue weighted by molar-refractivity contribution is -0.123. The van der Waals surface area contributed by atoms with Crippen molar-refractivity contribution in [3.63, 3.8) is 0 Å². The lowest BCUT2D eigenvalue weighted by atomic mass is 9.70. The number of ether oxygens (including phenoxy) is 1. The molecule has 186 valence electrons. The number of hydrogen-bond acceptors (Lipinski definition) is 9. The van der Waals surface area contributed by atoms with Gasteiger partial charge in [-0.1, -0.05) is 0 Å². The number of phenols is 3. The molecular formula is C26H23NO9. The Morgan fingerprint density at radius 1 is 1.00 bits per heavy atom. The molecule has 1 atom stereocenters. The lowest BCUT2D eigenvalue weighted by Gasteiger charge is -2.29. The number of allylic oxidation sites excluding steroid dienone is 4. The van der Waals surface area contributed by atoms with Crippen LogP contribution in [0.5, 0.6) is 23.0 Å². The normalized spacial score (nSPS) is 19.8. The Bertz CT molecular complexity index is 1500. The summed E-state index contributed by atoms with van der Waals surface area (Å²) in [5.74, 6) is -4.95. The summed E-state index contributed by atoms with van der Waals surface area (Å²) in [4.78, 5) is 50.6. The molecule has 0 saturated carbocycles. The second kappa shape index (κ2) is 7.98. The second-order valence-electron chi connectivity index (χ2n) is 9.01. The van der Waals surface area contributed by atoms with Crippen LogP contribution in [-0.4, -0.2) is 43.7 Å². The number of carboxylic acid groups (broad SMARTS) is 1. The summed E-state index contributed by atoms with van der Waals surface area (Å²) in [6.45, 7) is 6.99. The molecule has 10 nitrogen and oxygen atoms in total. The Balaban J connectivity index is 1.89. The minimum Gasteiger partial charge on any atom is -0.507 e. The van der Waals surface area contributed by atoms with Crippen molar-refractivity contribution < 1.29 is 44.3 Å². The molecule has 2 aromatic rings. The summed E-state index contributed by atoms with van der Waals surface area (Å²) >= 11 is 0. The van der Waals surface area contributed by atoms with E-state index >= 15 is 0 Å². The number of anilines is 1. The predicted molar refractivity (Wildman–Crippen MR) is 127 cm³/mol. The average molecular weight is 493 g/mol. The maximum atomic E-state index is 13.8. The van der Waals surface area contributed by atoms with Gasteiger partial charge in [-0.15, -0.1) is 0 Å². The highest BCUT2D eigenvalue weighted by Gasteiger charge is 2.56. The first kappa shape index (κ1) is 24.5. The number of rotatable bonds is 4. The molecular weight excluding hydrogens is 470 g/mol. The number of nitrogens with one attached hydrogen (secondary N) is 1. The first-order valence-electron chi connectivity index (χ1n) is 10.9. The highest BCUT2D eigenvalue weighted by molar-refractivity contribution is 6.31. The zero-order valence-electron chi connectivity index (χ0n) is 20.1. The topological polar surface area (TPSA) is 170 Å². The van der Waals surface area contributed by atoms with E-state index < -0.39 is 46.0 Å². The van der Waals surface area contributed by atoms with Crippen LogP contribution in [0.1, 0.15) is 58.2 Å². The number of phenolic OH excluding ortho intramolecular Hbond substituents is 2. The van der Waals surface area contributed by atoms with Crippen LogP contribution in [0.15, 0.2) is 35.2 Å². The van der Waals surface area contributed by atoms with Gasteiger partial charge < -0.3 is 30.5 Å². The SMILES string of the molecule is CC(=O)c1c(O)c(C)c(O)c2c1OC1=CC(=O)C(=C(C)Nc3cc(C)c(O)c(C(=O)O)c3)C(=O)[C@@]12C. The van der Waals surface area contributed by atoms with E-state index in [1.165, 1.54) is 46.8 Å².